The normalized spacial score (nSPS) is 29.0. The van der Waals surface area contributed by atoms with E-state index in [-0.39, 0.29) is 16.9 Å². The molecule has 2 saturated carbocycles. The Morgan fingerprint density at radius 3 is 2.47 bits per heavy atom. The number of rotatable bonds is 2. The van der Waals surface area contributed by atoms with Gasteiger partial charge in [0.1, 0.15) is 11.9 Å². The van der Waals surface area contributed by atoms with E-state index in [9.17, 15) is 0 Å². The molecule has 1 aromatic carbocycles. The summed E-state index contributed by atoms with van der Waals surface area (Å²) in [7, 11) is 0. The highest BCUT2D eigenvalue weighted by atomic mass is 35.5. The Balaban J connectivity index is 1.76. The van der Waals surface area contributed by atoms with Gasteiger partial charge in [-0.15, -0.1) is 11.6 Å². The Morgan fingerprint density at radius 1 is 1.11 bits per heavy atom. The van der Waals surface area contributed by atoms with Crippen LogP contribution in [0.25, 0.3) is 0 Å². The van der Waals surface area contributed by atoms with Crippen molar-refractivity contribution < 1.29 is 4.74 Å². The van der Waals surface area contributed by atoms with Gasteiger partial charge in [-0.1, -0.05) is 42.5 Å². The summed E-state index contributed by atoms with van der Waals surface area (Å²) >= 11 is 18.6. The van der Waals surface area contributed by atoms with Crippen LogP contribution in [-0.4, -0.2) is 11.5 Å². The van der Waals surface area contributed by atoms with E-state index in [2.05, 4.69) is 0 Å². The summed E-state index contributed by atoms with van der Waals surface area (Å²) in [5.41, 5.74) is 0.169. The third-order valence-corrected chi connectivity index (χ3v) is 5.78. The summed E-state index contributed by atoms with van der Waals surface area (Å²) in [6, 6.07) is 5.39. The predicted molar refractivity (Wildman–Crippen MR) is 80.7 cm³/mol. The van der Waals surface area contributed by atoms with Crippen LogP contribution in [0.1, 0.15) is 38.5 Å². The summed E-state index contributed by atoms with van der Waals surface area (Å²) in [5, 5.41) is 1.47. The second-order valence-electron chi connectivity index (χ2n) is 5.68. The number of hydrogen-bond acceptors (Lipinski definition) is 1. The summed E-state index contributed by atoms with van der Waals surface area (Å²) in [5.74, 6) is 0.726. The molecule has 0 saturated heterocycles. The molecule has 1 nitrogen and oxygen atoms in total. The molecule has 0 amide bonds. The van der Waals surface area contributed by atoms with Crippen molar-refractivity contribution in [1.82, 2.24) is 0 Å². The van der Waals surface area contributed by atoms with Crippen LogP contribution in [0, 0.1) is 5.41 Å². The van der Waals surface area contributed by atoms with Gasteiger partial charge in [-0.25, -0.2) is 0 Å². The van der Waals surface area contributed by atoms with E-state index in [1.807, 2.05) is 12.1 Å². The average Bonchev–Trinajstić information content (AvgIpc) is 2.42. The lowest BCUT2D eigenvalue weighted by molar-refractivity contribution is -0.0649. The van der Waals surface area contributed by atoms with Gasteiger partial charge in [-0.3, -0.25) is 0 Å². The molecule has 4 heteroatoms. The van der Waals surface area contributed by atoms with Crippen LogP contribution >= 0.6 is 34.8 Å². The average molecular weight is 320 g/mol. The zero-order chi connectivity index (χ0) is 13.5. The van der Waals surface area contributed by atoms with Gasteiger partial charge >= 0.3 is 0 Å². The fourth-order valence-electron chi connectivity index (χ4n) is 3.43. The maximum atomic E-state index is 6.48. The summed E-state index contributed by atoms with van der Waals surface area (Å²) in [6.45, 7) is 0. The minimum Gasteiger partial charge on any atom is -0.488 e. The van der Waals surface area contributed by atoms with Gasteiger partial charge < -0.3 is 4.74 Å². The molecule has 1 aromatic rings. The fourth-order valence-corrected chi connectivity index (χ4v) is 4.41. The van der Waals surface area contributed by atoms with E-state index in [0.29, 0.717) is 10.0 Å². The molecular formula is C15H17Cl3O. The van der Waals surface area contributed by atoms with Gasteiger partial charge in [0.25, 0.3) is 0 Å². The van der Waals surface area contributed by atoms with E-state index < -0.39 is 0 Å². The van der Waals surface area contributed by atoms with Crippen molar-refractivity contribution in [2.75, 3.05) is 0 Å². The molecule has 0 bridgehead atoms. The maximum absolute atomic E-state index is 6.48. The van der Waals surface area contributed by atoms with E-state index in [4.69, 9.17) is 39.5 Å². The number of hydrogen-bond donors (Lipinski definition) is 0. The smallest absolute Gasteiger partial charge is 0.138 e. The first kappa shape index (κ1) is 13.9. The minimum atomic E-state index is 0.169. The third-order valence-electron chi connectivity index (χ3n) is 4.63. The Bertz CT molecular complexity index is 468. The first-order valence-corrected chi connectivity index (χ1v) is 8.07. The fraction of sp³-hybridized carbons (Fsp3) is 0.600. The highest BCUT2D eigenvalue weighted by molar-refractivity contribution is 6.35. The van der Waals surface area contributed by atoms with E-state index >= 15 is 0 Å². The van der Waals surface area contributed by atoms with Gasteiger partial charge in [0.15, 0.2) is 0 Å². The molecule has 2 aliphatic rings. The highest BCUT2D eigenvalue weighted by Gasteiger charge is 2.55. The lowest BCUT2D eigenvalue weighted by Crippen LogP contribution is -2.58. The molecule has 0 aromatic heterocycles. The first-order chi connectivity index (χ1) is 9.12. The molecule has 0 N–H and O–H groups in total. The molecule has 0 radical (unpaired) electrons. The van der Waals surface area contributed by atoms with E-state index in [1.165, 1.54) is 32.1 Å². The number of halogens is 3. The van der Waals surface area contributed by atoms with Gasteiger partial charge in [-0.2, -0.15) is 0 Å². The van der Waals surface area contributed by atoms with Gasteiger partial charge in [0.2, 0.25) is 0 Å². The van der Waals surface area contributed by atoms with Gasteiger partial charge in [0.05, 0.1) is 5.02 Å². The lowest BCUT2D eigenvalue weighted by atomic mass is 9.58. The largest absolute Gasteiger partial charge is 0.488 e. The lowest BCUT2D eigenvalue weighted by Gasteiger charge is -2.55. The third kappa shape index (κ3) is 2.46. The van der Waals surface area contributed by atoms with E-state index in [1.54, 1.807) is 6.07 Å². The second kappa shape index (κ2) is 5.35. The van der Waals surface area contributed by atoms with Crippen LogP contribution in [0.2, 0.25) is 10.0 Å². The molecular weight excluding hydrogens is 303 g/mol. The van der Waals surface area contributed by atoms with Gasteiger partial charge in [-0.05, 0) is 31.0 Å². The predicted octanol–water partition coefficient (Wildman–Crippen LogP) is 5.70. The van der Waals surface area contributed by atoms with Crippen molar-refractivity contribution in [3.8, 4) is 5.75 Å². The molecule has 3 rings (SSSR count). The minimum absolute atomic E-state index is 0.169. The molecule has 2 atom stereocenters. The van der Waals surface area contributed by atoms with Crippen molar-refractivity contribution in [3.05, 3.63) is 28.2 Å². The SMILES string of the molecule is Clc1ccc(OC2CC(Cl)C23CCCCC3)c(Cl)c1. The molecule has 104 valence electrons. The maximum Gasteiger partial charge on any atom is 0.138 e. The molecule has 1 spiro atoms. The van der Waals surface area contributed by atoms with Crippen LogP contribution in [0.3, 0.4) is 0 Å². The van der Waals surface area contributed by atoms with Crippen molar-refractivity contribution >= 4 is 34.8 Å². The topological polar surface area (TPSA) is 9.23 Å². The summed E-state index contributed by atoms with van der Waals surface area (Å²) < 4.78 is 6.12. The molecule has 2 unspecified atom stereocenters. The Kier molecular flexibility index (Phi) is 3.90. The zero-order valence-electron chi connectivity index (χ0n) is 10.7. The van der Waals surface area contributed by atoms with Crippen LogP contribution in [-0.2, 0) is 0 Å². The Morgan fingerprint density at radius 2 is 1.84 bits per heavy atom. The molecule has 19 heavy (non-hydrogen) atoms. The second-order valence-corrected chi connectivity index (χ2v) is 7.05. The summed E-state index contributed by atoms with van der Waals surface area (Å²) in [4.78, 5) is 0. The van der Waals surface area contributed by atoms with Crippen LogP contribution in [0.4, 0.5) is 0 Å². The number of alkyl halides is 1. The molecule has 0 heterocycles. The van der Waals surface area contributed by atoms with Crippen molar-refractivity contribution in [3.63, 3.8) is 0 Å². The number of benzene rings is 1. The van der Waals surface area contributed by atoms with Crippen LogP contribution in [0.5, 0.6) is 5.75 Å². The Labute approximate surface area is 129 Å². The van der Waals surface area contributed by atoms with Crippen molar-refractivity contribution in [2.45, 2.75) is 50.0 Å². The molecule has 2 aliphatic carbocycles. The molecule has 0 aliphatic heterocycles. The standard InChI is InChI=1S/C15H17Cl3O/c16-10-4-5-12(11(17)8-10)19-14-9-13(18)15(14)6-2-1-3-7-15/h4-5,8,13-14H,1-3,6-7,9H2. The van der Waals surface area contributed by atoms with Gasteiger partial charge in [0, 0.05) is 22.2 Å². The zero-order valence-corrected chi connectivity index (χ0v) is 12.9. The van der Waals surface area contributed by atoms with Crippen LogP contribution in [0.15, 0.2) is 18.2 Å². The monoisotopic (exact) mass is 318 g/mol. The number of ether oxygens (including phenoxy) is 1. The molecule has 2 fully saturated rings. The first-order valence-electron chi connectivity index (χ1n) is 6.87. The van der Waals surface area contributed by atoms with Crippen molar-refractivity contribution in [1.29, 1.82) is 0 Å². The quantitative estimate of drug-likeness (QED) is 0.635. The summed E-state index contributed by atoms with van der Waals surface area (Å²) in [6.07, 6.45) is 7.32. The van der Waals surface area contributed by atoms with E-state index in [0.717, 1.165) is 12.2 Å². The Hall–Kier alpha value is -0.110. The van der Waals surface area contributed by atoms with Crippen molar-refractivity contribution in [2.24, 2.45) is 5.41 Å². The van der Waals surface area contributed by atoms with Crippen LogP contribution < -0.4 is 4.74 Å². The highest BCUT2D eigenvalue weighted by Crippen LogP contribution is 2.56.